The van der Waals surface area contributed by atoms with Gasteiger partial charge in [-0.3, -0.25) is 0 Å². The lowest BCUT2D eigenvalue weighted by molar-refractivity contribution is 0.271. The SMILES string of the molecule is CC(C)COc1ccc(S(=O)(=O)NCCC2CCCNC2)cc1. The Bertz CT molecular complexity index is 564. The maximum atomic E-state index is 12.3. The van der Waals surface area contributed by atoms with Crippen LogP contribution >= 0.6 is 0 Å². The number of benzene rings is 1. The van der Waals surface area contributed by atoms with Crippen LogP contribution in [0.25, 0.3) is 0 Å². The molecule has 1 aliphatic heterocycles. The molecule has 1 atom stereocenters. The van der Waals surface area contributed by atoms with Crippen molar-refractivity contribution in [2.24, 2.45) is 11.8 Å². The van der Waals surface area contributed by atoms with Gasteiger partial charge in [-0.1, -0.05) is 13.8 Å². The first-order chi connectivity index (χ1) is 11.0. The molecule has 5 nitrogen and oxygen atoms in total. The van der Waals surface area contributed by atoms with E-state index in [1.807, 2.05) is 0 Å². The molecule has 0 aromatic heterocycles. The van der Waals surface area contributed by atoms with E-state index in [1.54, 1.807) is 24.3 Å². The highest BCUT2D eigenvalue weighted by atomic mass is 32.2. The van der Waals surface area contributed by atoms with Gasteiger partial charge in [0.25, 0.3) is 0 Å². The van der Waals surface area contributed by atoms with Crippen LogP contribution in [-0.4, -0.2) is 34.7 Å². The molecule has 0 radical (unpaired) electrons. The molecule has 0 aliphatic carbocycles. The number of hydrogen-bond donors (Lipinski definition) is 2. The molecule has 2 rings (SSSR count). The lowest BCUT2D eigenvalue weighted by Crippen LogP contribution is -2.33. The van der Waals surface area contributed by atoms with Gasteiger partial charge in [-0.2, -0.15) is 0 Å². The van der Waals surface area contributed by atoms with Crippen LogP contribution in [0.3, 0.4) is 0 Å². The van der Waals surface area contributed by atoms with Crippen molar-refractivity contribution in [1.29, 1.82) is 0 Å². The van der Waals surface area contributed by atoms with Gasteiger partial charge in [0, 0.05) is 6.54 Å². The molecule has 1 fully saturated rings. The Morgan fingerprint density at radius 1 is 1.30 bits per heavy atom. The fourth-order valence-electron chi connectivity index (χ4n) is 2.63. The third-order valence-corrected chi connectivity index (χ3v) is 5.44. The highest BCUT2D eigenvalue weighted by Gasteiger charge is 2.16. The second-order valence-electron chi connectivity index (χ2n) is 6.58. The van der Waals surface area contributed by atoms with Gasteiger partial charge in [0.2, 0.25) is 10.0 Å². The van der Waals surface area contributed by atoms with E-state index in [9.17, 15) is 8.42 Å². The number of ether oxygens (including phenoxy) is 1. The molecule has 23 heavy (non-hydrogen) atoms. The predicted octanol–water partition coefficient (Wildman–Crippen LogP) is 2.39. The normalized spacial score (nSPS) is 19.0. The van der Waals surface area contributed by atoms with Crippen LogP contribution in [0.5, 0.6) is 5.75 Å². The first kappa shape index (κ1) is 18.2. The Kier molecular flexibility index (Phi) is 6.87. The fourth-order valence-corrected chi connectivity index (χ4v) is 3.68. The molecule has 1 aliphatic rings. The Morgan fingerprint density at radius 2 is 2.04 bits per heavy atom. The van der Waals surface area contributed by atoms with Crippen molar-refractivity contribution in [3.05, 3.63) is 24.3 Å². The Labute approximate surface area is 139 Å². The zero-order chi connectivity index (χ0) is 16.7. The fraction of sp³-hybridized carbons (Fsp3) is 0.647. The van der Waals surface area contributed by atoms with E-state index in [1.165, 1.54) is 12.8 Å². The van der Waals surface area contributed by atoms with Gasteiger partial charge < -0.3 is 10.1 Å². The van der Waals surface area contributed by atoms with E-state index < -0.39 is 10.0 Å². The van der Waals surface area contributed by atoms with Crippen molar-refractivity contribution < 1.29 is 13.2 Å². The summed E-state index contributed by atoms with van der Waals surface area (Å²) < 4.78 is 32.8. The standard InChI is InChI=1S/C17H28N2O3S/c1-14(2)13-22-16-5-7-17(8-6-16)23(20,21)19-11-9-15-4-3-10-18-12-15/h5-8,14-15,18-19H,3-4,9-13H2,1-2H3. The minimum atomic E-state index is -3.44. The maximum Gasteiger partial charge on any atom is 0.240 e. The van der Waals surface area contributed by atoms with Crippen molar-refractivity contribution >= 4 is 10.0 Å². The van der Waals surface area contributed by atoms with Gasteiger partial charge >= 0.3 is 0 Å². The van der Waals surface area contributed by atoms with Crippen LogP contribution in [0.4, 0.5) is 0 Å². The van der Waals surface area contributed by atoms with Gasteiger partial charge in [0.1, 0.15) is 5.75 Å². The van der Waals surface area contributed by atoms with Crippen molar-refractivity contribution in [3.8, 4) is 5.75 Å². The molecule has 0 spiro atoms. The molecule has 2 N–H and O–H groups in total. The average molecular weight is 340 g/mol. The summed E-state index contributed by atoms with van der Waals surface area (Å²) >= 11 is 0. The molecule has 6 heteroatoms. The monoisotopic (exact) mass is 340 g/mol. The largest absolute Gasteiger partial charge is 0.493 e. The second kappa shape index (κ2) is 8.66. The van der Waals surface area contributed by atoms with Crippen LogP contribution in [0.15, 0.2) is 29.2 Å². The zero-order valence-electron chi connectivity index (χ0n) is 14.0. The third kappa shape index (κ3) is 6.12. The molecule has 0 saturated carbocycles. The molecule has 1 heterocycles. The summed E-state index contributed by atoms with van der Waals surface area (Å²) in [7, 11) is -3.44. The van der Waals surface area contributed by atoms with Crippen molar-refractivity contribution in [2.75, 3.05) is 26.2 Å². The molecular formula is C17H28N2O3S. The summed E-state index contributed by atoms with van der Waals surface area (Å²) in [6.07, 6.45) is 3.23. The Hall–Kier alpha value is -1.11. The van der Waals surface area contributed by atoms with Gasteiger partial charge in [0.05, 0.1) is 11.5 Å². The molecular weight excluding hydrogens is 312 g/mol. The number of piperidine rings is 1. The minimum absolute atomic E-state index is 0.288. The van der Waals surface area contributed by atoms with Gasteiger partial charge in [-0.25, -0.2) is 13.1 Å². The number of sulfonamides is 1. The summed E-state index contributed by atoms with van der Waals surface area (Å²) in [6.45, 7) is 7.33. The third-order valence-electron chi connectivity index (χ3n) is 3.96. The molecule has 0 amide bonds. The van der Waals surface area contributed by atoms with Gasteiger partial charge in [-0.15, -0.1) is 0 Å². The molecule has 1 saturated heterocycles. The predicted molar refractivity (Wildman–Crippen MR) is 92.2 cm³/mol. The summed E-state index contributed by atoms with van der Waals surface area (Å²) in [5, 5.41) is 3.35. The quantitative estimate of drug-likeness (QED) is 0.762. The van der Waals surface area contributed by atoms with Gasteiger partial charge in [0.15, 0.2) is 0 Å². The van der Waals surface area contributed by atoms with Crippen LogP contribution in [0.1, 0.15) is 33.1 Å². The van der Waals surface area contributed by atoms with E-state index in [2.05, 4.69) is 23.9 Å². The second-order valence-corrected chi connectivity index (χ2v) is 8.34. The Morgan fingerprint density at radius 3 is 2.65 bits per heavy atom. The number of rotatable bonds is 8. The summed E-state index contributed by atoms with van der Waals surface area (Å²) in [5.74, 6) is 1.71. The smallest absolute Gasteiger partial charge is 0.240 e. The van der Waals surface area contributed by atoms with Crippen molar-refractivity contribution in [3.63, 3.8) is 0 Å². The van der Waals surface area contributed by atoms with Crippen molar-refractivity contribution in [2.45, 2.75) is 38.0 Å². The molecule has 0 bridgehead atoms. The van der Waals surface area contributed by atoms with Gasteiger partial charge in [-0.05, 0) is 68.5 Å². The van der Waals surface area contributed by atoms with Crippen LogP contribution < -0.4 is 14.8 Å². The topological polar surface area (TPSA) is 67.4 Å². The maximum absolute atomic E-state index is 12.3. The number of hydrogen-bond acceptors (Lipinski definition) is 4. The van der Waals surface area contributed by atoms with E-state index in [0.717, 1.165) is 19.5 Å². The summed E-state index contributed by atoms with van der Waals surface area (Å²) in [4.78, 5) is 0.288. The molecule has 1 aromatic rings. The molecule has 1 unspecified atom stereocenters. The van der Waals surface area contributed by atoms with E-state index in [4.69, 9.17) is 4.74 Å². The highest BCUT2D eigenvalue weighted by Crippen LogP contribution is 2.17. The highest BCUT2D eigenvalue weighted by molar-refractivity contribution is 7.89. The van der Waals surface area contributed by atoms with Crippen LogP contribution in [-0.2, 0) is 10.0 Å². The summed E-state index contributed by atoms with van der Waals surface area (Å²) in [5.41, 5.74) is 0. The lowest BCUT2D eigenvalue weighted by Gasteiger charge is -2.22. The van der Waals surface area contributed by atoms with Crippen LogP contribution in [0, 0.1) is 11.8 Å². The number of nitrogens with one attached hydrogen (secondary N) is 2. The first-order valence-electron chi connectivity index (χ1n) is 8.40. The van der Waals surface area contributed by atoms with E-state index in [-0.39, 0.29) is 4.90 Å². The van der Waals surface area contributed by atoms with Crippen LogP contribution in [0.2, 0.25) is 0 Å². The molecule has 130 valence electrons. The first-order valence-corrected chi connectivity index (χ1v) is 9.89. The van der Waals surface area contributed by atoms with Crippen molar-refractivity contribution in [1.82, 2.24) is 10.0 Å². The molecule has 1 aromatic carbocycles. The average Bonchev–Trinajstić information content (AvgIpc) is 2.54. The minimum Gasteiger partial charge on any atom is -0.493 e. The van der Waals surface area contributed by atoms with E-state index in [0.29, 0.717) is 30.7 Å². The zero-order valence-corrected chi connectivity index (χ0v) is 14.9. The Balaban J connectivity index is 1.83. The van der Waals surface area contributed by atoms with E-state index >= 15 is 0 Å². The summed E-state index contributed by atoms with van der Waals surface area (Å²) in [6, 6.07) is 6.62. The lowest BCUT2D eigenvalue weighted by atomic mass is 9.96.